The molecule has 9 nitrogen and oxygen atoms in total. The highest BCUT2D eigenvalue weighted by Gasteiger charge is 2.38. The Morgan fingerprint density at radius 3 is 2.43 bits per heavy atom. The maximum absolute atomic E-state index is 13.1. The van der Waals surface area contributed by atoms with Gasteiger partial charge in [-0.2, -0.15) is 0 Å². The molecule has 1 heterocycles. The SMILES string of the molecule is CCCO[C@@H](CC)[C@@H](Oc1ccccc1)[C@H](C)OC(=O)C(C)(C)NC(=O)c1nccc(OC)c1O. The van der Waals surface area contributed by atoms with Crippen LogP contribution < -0.4 is 14.8 Å². The zero-order valence-electron chi connectivity index (χ0n) is 21.2. The van der Waals surface area contributed by atoms with E-state index >= 15 is 0 Å². The van der Waals surface area contributed by atoms with E-state index in [1.165, 1.54) is 33.2 Å². The Hall–Kier alpha value is -3.33. The second kappa shape index (κ2) is 12.9. The van der Waals surface area contributed by atoms with Crippen molar-refractivity contribution in [1.29, 1.82) is 0 Å². The van der Waals surface area contributed by atoms with Crippen LogP contribution in [-0.4, -0.2) is 59.5 Å². The first-order chi connectivity index (χ1) is 16.6. The van der Waals surface area contributed by atoms with E-state index in [9.17, 15) is 14.7 Å². The molecule has 0 bridgehead atoms. The fourth-order valence-electron chi connectivity index (χ4n) is 3.39. The summed E-state index contributed by atoms with van der Waals surface area (Å²) >= 11 is 0. The normalized spacial score (nSPS) is 13.9. The molecule has 1 aromatic heterocycles. The summed E-state index contributed by atoms with van der Waals surface area (Å²) in [5.74, 6) is -1.11. The summed E-state index contributed by atoms with van der Waals surface area (Å²) in [4.78, 5) is 29.7. The summed E-state index contributed by atoms with van der Waals surface area (Å²) in [5, 5.41) is 12.8. The Morgan fingerprint density at radius 1 is 1.14 bits per heavy atom. The molecule has 0 aliphatic heterocycles. The number of pyridine rings is 1. The molecule has 2 aromatic rings. The van der Waals surface area contributed by atoms with Crippen molar-refractivity contribution in [2.75, 3.05) is 13.7 Å². The molecule has 35 heavy (non-hydrogen) atoms. The Morgan fingerprint density at radius 2 is 1.83 bits per heavy atom. The van der Waals surface area contributed by atoms with Crippen LogP contribution in [0.1, 0.15) is 57.9 Å². The van der Waals surface area contributed by atoms with Gasteiger partial charge < -0.3 is 29.4 Å². The average molecular weight is 489 g/mol. The number of ether oxygens (including phenoxy) is 4. The Bertz CT molecular complexity index is 965. The van der Waals surface area contributed by atoms with Gasteiger partial charge in [-0.15, -0.1) is 0 Å². The number of esters is 1. The Kier molecular flexibility index (Phi) is 10.3. The first-order valence-electron chi connectivity index (χ1n) is 11.7. The van der Waals surface area contributed by atoms with Crippen molar-refractivity contribution >= 4 is 11.9 Å². The van der Waals surface area contributed by atoms with Crippen LogP contribution in [-0.2, 0) is 14.3 Å². The molecule has 1 amide bonds. The van der Waals surface area contributed by atoms with Crippen molar-refractivity contribution in [3.63, 3.8) is 0 Å². The molecule has 9 heteroatoms. The number of hydrogen-bond acceptors (Lipinski definition) is 8. The maximum atomic E-state index is 13.1. The van der Waals surface area contributed by atoms with E-state index in [1.54, 1.807) is 6.92 Å². The monoisotopic (exact) mass is 488 g/mol. The number of nitrogens with zero attached hydrogens (tertiary/aromatic N) is 1. The van der Waals surface area contributed by atoms with Gasteiger partial charge in [0.05, 0.1) is 13.2 Å². The van der Waals surface area contributed by atoms with Crippen LogP contribution >= 0.6 is 0 Å². The zero-order valence-corrected chi connectivity index (χ0v) is 21.2. The van der Waals surface area contributed by atoms with Gasteiger partial charge >= 0.3 is 5.97 Å². The van der Waals surface area contributed by atoms with Crippen molar-refractivity contribution in [3.05, 3.63) is 48.3 Å². The number of amides is 1. The quantitative estimate of drug-likeness (QED) is 0.408. The van der Waals surface area contributed by atoms with Crippen molar-refractivity contribution in [3.8, 4) is 17.2 Å². The van der Waals surface area contributed by atoms with E-state index in [0.29, 0.717) is 18.8 Å². The Labute approximate surface area is 206 Å². The molecule has 0 unspecified atom stereocenters. The molecule has 0 aliphatic rings. The second-order valence-corrected chi connectivity index (χ2v) is 8.61. The summed E-state index contributed by atoms with van der Waals surface area (Å²) in [7, 11) is 1.36. The van der Waals surface area contributed by atoms with Crippen LogP contribution in [0.5, 0.6) is 17.2 Å². The molecule has 0 spiro atoms. The van der Waals surface area contributed by atoms with Gasteiger partial charge in [-0.25, -0.2) is 9.78 Å². The smallest absolute Gasteiger partial charge is 0.331 e. The van der Waals surface area contributed by atoms with Crippen LogP contribution in [0.4, 0.5) is 0 Å². The van der Waals surface area contributed by atoms with Gasteiger partial charge in [0, 0.05) is 18.9 Å². The maximum Gasteiger partial charge on any atom is 0.331 e. The van der Waals surface area contributed by atoms with Gasteiger partial charge in [0.25, 0.3) is 5.91 Å². The molecule has 0 saturated heterocycles. The fourth-order valence-corrected chi connectivity index (χ4v) is 3.39. The summed E-state index contributed by atoms with van der Waals surface area (Å²) in [6, 6.07) is 10.7. The molecule has 0 aliphatic carbocycles. The third kappa shape index (κ3) is 7.58. The minimum Gasteiger partial charge on any atom is -0.503 e. The molecular weight excluding hydrogens is 452 g/mol. The average Bonchev–Trinajstić information content (AvgIpc) is 2.84. The van der Waals surface area contributed by atoms with Gasteiger partial charge in [-0.3, -0.25) is 4.79 Å². The number of benzene rings is 1. The highest BCUT2D eigenvalue weighted by atomic mass is 16.6. The molecule has 0 fully saturated rings. The summed E-state index contributed by atoms with van der Waals surface area (Å²) < 4.78 is 22.9. The van der Waals surface area contributed by atoms with Crippen LogP contribution in [0, 0.1) is 0 Å². The molecule has 0 saturated carbocycles. The number of carbonyl (C=O) groups is 2. The highest BCUT2D eigenvalue weighted by Crippen LogP contribution is 2.28. The zero-order chi connectivity index (χ0) is 26.0. The van der Waals surface area contributed by atoms with E-state index in [-0.39, 0.29) is 17.5 Å². The van der Waals surface area contributed by atoms with Gasteiger partial charge in [-0.1, -0.05) is 32.0 Å². The molecular formula is C26H36N2O7. The first kappa shape index (κ1) is 27.9. The number of aromatic nitrogens is 1. The summed E-state index contributed by atoms with van der Waals surface area (Å²) in [6.07, 6.45) is 1.24. The van der Waals surface area contributed by atoms with E-state index < -0.39 is 35.4 Å². The first-order valence-corrected chi connectivity index (χ1v) is 11.7. The lowest BCUT2D eigenvalue weighted by Gasteiger charge is -2.33. The number of rotatable bonds is 13. The van der Waals surface area contributed by atoms with E-state index in [4.69, 9.17) is 18.9 Å². The van der Waals surface area contributed by atoms with Gasteiger partial charge in [-0.05, 0) is 45.7 Å². The third-order valence-corrected chi connectivity index (χ3v) is 5.33. The molecule has 1 aromatic carbocycles. The number of aromatic hydroxyl groups is 1. The fraction of sp³-hybridized carbons (Fsp3) is 0.500. The highest BCUT2D eigenvalue weighted by molar-refractivity contribution is 5.98. The molecule has 192 valence electrons. The van der Waals surface area contributed by atoms with E-state index in [2.05, 4.69) is 10.3 Å². The van der Waals surface area contributed by atoms with Crippen molar-refractivity contribution in [1.82, 2.24) is 10.3 Å². The van der Waals surface area contributed by atoms with Crippen LogP contribution in [0.3, 0.4) is 0 Å². The topological polar surface area (TPSA) is 116 Å². The van der Waals surface area contributed by atoms with Crippen LogP contribution in [0.25, 0.3) is 0 Å². The lowest BCUT2D eigenvalue weighted by Crippen LogP contribution is -2.53. The number of nitrogens with one attached hydrogen (secondary N) is 1. The second-order valence-electron chi connectivity index (χ2n) is 8.61. The molecule has 2 rings (SSSR count). The summed E-state index contributed by atoms with van der Waals surface area (Å²) in [6.45, 7) is 9.30. The van der Waals surface area contributed by atoms with Crippen molar-refractivity contribution in [2.45, 2.75) is 71.3 Å². The van der Waals surface area contributed by atoms with Crippen LogP contribution in [0.15, 0.2) is 42.6 Å². The minimum absolute atomic E-state index is 0.0951. The minimum atomic E-state index is -1.42. The van der Waals surface area contributed by atoms with E-state index in [0.717, 1.165) is 6.42 Å². The predicted octanol–water partition coefficient (Wildman–Crippen LogP) is 3.89. The third-order valence-electron chi connectivity index (χ3n) is 5.33. The number of methoxy groups -OCH3 is 1. The number of carbonyl (C=O) groups excluding carboxylic acids is 2. The van der Waals surface area contributed by atoms with Crippen molar-refractivity contribution < 1.29 is 33.6 Å². The van der Waals surface area contributed by atoms with Gasteiger partial charge in [0.1, 0.15) is 17.4 Å². The molecule has 3 atom stereocenters. The predicted molar refractivity (Wildman–Crippen MR) is 131 cm³/mol. The summed E-state index contributed by atoms with van der Waals surface area (Å²) in [5.41, 5.74) is -1.69. The lowest BCUT2D eigenvalue weighted by molar-refractivity contribution is -0.164. The van der Waals surface area contributed by atoms with Gasteiger partial charge in [0.2, 0.25) is 0 Å². The van der Waals surface area contributed by atoms with Crippen LogP contribution in [0.2, 0.25) is 0 Å². The molecule has 2 N–H and O–H groups in total. The standard InChI is InChI=1S/C26H36N2O7/c1-7-16-33-19(8-2)23(35-18-12-10-9-11-13-18)17(3)34-25(31)26(4,5)28-24(30)21-22(29)20(32-6)14-15-27-21/h9-15,17,19,23,29H,7-8,16H2,1-6H3,(H,28,30)/t17-,19-,23-/m0/s1. The van der Waals surface area contributed by atoms with Crippen molar-refractivity contribution in [2.24, 2.45) is 0 Å². The number of para-hydroxylation sites is 1. The lowest BCUT2D eigenvalue weighted by atomic mass is 10.0. The Balaban J connectivity index is 2.17. The van der Waals surface area contributed by atoms with Gasteiger partial charge in [0.15, 0.2) is 23.3 Å². The molecule has 0 radical (unpaired) electrons. The largest absolute Gasteiger partial charge is 0.503 e. The number of hydrogen-bond donors (Lipinski definition) is 2. The van der Waals surface area contributed by atoms with E-state index in [1.807, 2.05) is 44.2 Å².